The molecule has 1 aliphatic carbocycles. The van der Waals surface area contributed by atoms with Gasteiger partial charge >= 0.3 is 0 Å². The fraction of sp³-hybridized carbons (Fsp3) is 0.611. The molecule has 0 bridgehead atoms. The molecule has 1 aromatic carbocycles. The minimum Gasteiger partial charge on any atom is -0.378 e. The van der Waals surface area contributed by atoms with Crippen LogP contribution in [0.3, 0.4) is 0 Å². The first-order valence-electron chi connectivity index (χ1n) is 8.48. The van der Waals surface area contributed by atoms with E-state index in [0.29, 0.717) is 18.9 Å². The molecule has 4 heteroatoms. The molecule has 1 amide bonds. The fourth-order valence-corrected chi connectivity index (χ4v) is 3.63. The molecule has 0 radical (unpaired) electrons. The molecule has 22 heavy (non-hydrogen) atoms. The lowest BCUT2D eigenvalue weighted by atomic mass is 9.91. The number of benzene rings is 1. The summed E-state index contributed by atoms with van der Waals surface area (Å²) in [4.78, 5) is 12.4. The molecular formula is C18H26N2O2. The van der Waals surface area contributed by atoms with Crippen LogP contribution in [-0.4, -0.2) is 31.7 Å². The Bertz CT molecular complexity index is 465. The molecule has 1 saturated heterocycles. The van der Waals surface area contributed by atoms with Crippen molar-refractivity contribution in [1.82, 2.24) is 10.6 Å². The van der Waals surface area contributed by atoms with E-state index in [4.69, 9.17) is 4.74 Å². The molecule has 3 rings (SSSR count). The van der Waals surface area contributed by atoms with Crippen LogP contribution in [0.15, 0.2) is 30.3 Å². The third kappa shape index (κ3) is 4.08. The molecule has 2 fully saturated rings. The van der Waals surface area contributed by atoms with Crippen molar-refractivity contribution in [1.29, 1.82) is 0 Å². The van der Waals surface area contributed by atoms with Gasteiger partial charge in [-0.15, -0.1) is 0 Å². The highest BCUT2D eigenvalue weighted by atomic mass is 16.5. The average Bonchev–Trinajstić information content (AvgIpc) is 3.08. The van der Waals surface area contributed by atoms with Gasteiger partial charge in [0.1, 0.15) is 0 Å². The number of nitrogens with one attached hydrogen (secondary N) is 2. The Balaban J connectivity index is 1.63. The molecule has 2 atom stereocenters. The van der Waals surface area contributed by atoms with E-state index >= 15 is 0 Å². The SMILES string of the molecule is O=C(CC1COCCN1)NC(c1ccccc1)C1CCCC1. The number of carbonyl (C=O) groups is 1. The molecule has 0 spiro atoms. The number of carbonyl (C=O) groups excluding carboxylic acids is 1. The summed E-state index contributed by atoms with van der Waals surface area (Å²) in [5.74, 6) is 0.700. The van der Waals surface area contributed by atoms with Gasteiger partial charge in [0.2, 0.25) is 5.91 Å². The van der Waals surface area contributed by atoms with Gasteiger partial charge in [-0.2, -0.15) is 0 Å². The Hall–Kier alpha value is -1.39. The summed E-state index contributed by atoms with van der Waals surface area (Å²) >= 11 is 0. The van der Waals surface area contributed by atoms with E-state index in [0.717, 1.165) is 13.2 Å². The fourth-order valence-electron chi connectivity index (χ4n) is 3.63. The van der Waals surface area contributed by atoms with Gasteiger partial charge in [-0.25, -0.2) is 0 Å². The van der Waals surface area contributed by atoms with Gasteiger partial charge in [0, 0.05) is 19.0 Å². The van der Waals surface area contributed by atoms with Crippen LogP contribution in [0.5, 0.6) is 0 Å². The lowest BCUT2D eigenvalue weighted by molar-refractivity contribution is -0.123. The maximum absolute atomic E-state index is 12.4. The Morgan fingerprint density at radius 3 is 2.73 bits per heavy atom. The minimum atomic E-state index is 0.128. The van der Waals surface area contributed by atoms with Crippen LogP contribution in [0.2, 0.25) is 0 Å². The molecule has 2 unspecified atom stereocenters. The van der Waals surface area contributed by atoms with Crippen LogP contribution in [0.1, 0.15) is 43.7 Å². The Morgan fingerprint density at radius 1 is 1.27 bits per heavy atom. The Kier molecular flexibility index (Phi) is 5.46. The van der Waals surface area contributed by atoms with Crippen LogP contribution >= 0.6 is 0 Å². The van der Waals surface area contributed by atoms with Crippen LogP contribution in [-0.2, 0) is 9.53 Å². The lowest BCUT2D eigenvalue weighted by Crippen LogP contribution is -2.45. The number of hydrogen-bond acceptors (Lipinski definition) is 3. The van der Waals surface area contributed by atoms with Gasteiger partial charge in [-0.1, -0.05) is 43.2 Å². The normalized spacial score (nSPS) is 24.1. The molecule has 2 N–H and O–H groups in total. The van der Waals surface area contributed by atoms with Crippen molar-refractivity contribution >= 4 is 5.91 Å². The average molecular weight is 302 g/mol. The Labute approximate surface area is 132 Å². The summed E-state index contributed by atoms with van der Waals surface area (Å²) < 4.78 is 5.43. The highest BCUT2D eigenvalue weighted by molar-refractivity contribution is 5.77. The quantitative estimate of drug-likeness (QED) is 0.878. The molecule has 2 aliphatic rings. The largest absolute Gasteiger partial charge is 0.378 e. The van der Waals surface area contributed by atoms with Crippen molar-refractivity contribution in [2.45, 2.75) is 44.2 Å². The van der Waals surface area contributed by atoms with Gasteiger partial charge in [-0.05, 0) is 24.3 Å². The zero-order valence-corrected chi connectivity index (χ0v) is 13.1. The lowest BCUT2D eigenvalue weighted by Gasteiger charge is -2.28. The first-order chi connectivity index (χ1) is 10.8. The standard InChI is InChI=1S/C18H26N2O2/c21-17(12-16-13-22-11-10-19-16)20-18(15-8-4-5-9-15)14-6-2-1-3-7-14/h1-3,6-7,15-16,18-19H,4-5,8-13H2,(H,20,21). The monoisotopic (exact) mass is 302 g/mol. The molecule has 1 aliphatic heterocycles. The highest BCUT2D eigenvalue weighted by Gasteiger charge is 2.28. The second-order valence-corrected chi connectivity index (χ2v) is 6.43. The predicted octanol–water partition coefficient (Wildman–Crippen LogP) is 2.41. The Morgan fingerprint density at radius 2 is 2.05 bits per heavy atom. The van der Waals surface area contributed by atoms with E-state index < -0.39 is 0 Å². The van der Waals surface area contributed by atoms with E-state index in [1.807, 2.05) is 6.07 Å². The van der Waals surface area contributed by atoms with E-state index in [1.165, 1.54) is 31.2 Å². The summed E-state index contributed by atoms with van der Waals surface area (Å²) in [6, 6.07) is 10.7. The number of amides is 1. The van der Waals surface area contributed by atoms with Crippen LogP contribution in [0, 0.1) is 5.92 Å². The summed E-state index contributed by atoms with van der Waals surface area (Å²) in [6.45, 7) is 2.21. The van der Waals surface area contributed by atoms with Crippen LogP contribution < -0.4 is 10.6 Å². The van der Waals surface area contributed by atoms with Crippen LogP contribution in [0.4, 0.5) is 0 Å². The molecule has 1 aromatic rings. The van der Waals surface area contributed by atoms with Crippen molar-refractivity contribution in [2.24, 2.45) is 5.92 Å². The van der Waals surface area contributed by atoms with Gasteiger partial charge in [0.05, 0.1) is 19.3 Å². The first kappa shape index (κ1) is 15.5. The molecule has 1 saturated carbocycles. The van der Waals surface area contributed by atoms with E-state index in [-0.39, 0.29) is 18.0 Å². The van der Waals surface area contributed by atoms with E-state index in [9.17, 15) is 4.79 Å². The van der Waals surface area contributed by atoms with Crippen LogP contribution in [0.25, 0.3) is 0 Å². The molecule has 1 heterocycles. The number of hydrogen-bond donors (Lipinski definition) is 2. The number of rotatable bonds is 5. The molecule has 120 valence electrons. The minimum absolute atomic E-state index is 0.128. The van der Waals surface area contributed by atoms with Crippen molar-refractivity contribution in [2.75, 3.05) is 19.8 Å². The van der Waals surface area contributed by atoms with Gasteiger partial charge in [0.15, 0.2) is 0 Å². The third-order valence-corrected chi connectivity index (χ3v) is 4.78. The van der Waals surface area contributed by atoms with Gasteiger partial charge in [0.25, 0.3) is 0 Å². The molecule has 0 aromatic heterocycles. The highest BCUT2D eigenvalue weighted by Crippen LogP contribution is 2.35. The topological polar surface area (TPSA) is 50.4 Å². The second kappa shape index (κ2) is 7.75. The smallest absolute Gasteiger partial charge is 0.222 e. The maximum Gasteiger partial charge on any atom is 0.222 e. The predicted molar refractivity (Wildman–Crippen MR) is 86.5 cm³/mol. The summed E-state index contributed by atoms with van der Waals surface area (Å²) in [5.41, 5.74) is 1.23. The number of morpholine rings is 1. The first-order valence-corrected chi connectivity index (χ1v) is 8.48. The maximum atomic E-state index is 12.4. The van der Waals surface area contributed by atoms with Crippen molar-refractivity contribution in [3.05, 3.63) is 35.9 Å². The van der Waals surface area contributed by atoms with Crippen molar-refractivity contribution in [3.8, 4) is 0 Å². The van der Waals surface area contributed by atoms with Crippen molar-refractivity contribution < 1.29 is 9.53 Å². The van der Waals surface area contributed by atoms with Gasteiger partial charge < -0.3 is 15.4 Å². The molecule has 4 nitrogen and oxygen atoms in total. The zero-order valence-electron chi connectivity index (χ0n) is 13.1. The molecular weight excluding hydrogens is 276 g/mol. The van der Waals surface area contributed by atoms with E-state index in [2.05, 4.69) is 34.9 Å². The third-order valence-electron chi connectivity index (χ3n) is 4.78. The second-order valence-electron chi connectivity index (χ2n) is 6.43. The zero-order chi connectivity index (χ0) is 15.2. The van der Waals surface area contributed by atoms with Crippen molar-refractivity contribution in [3.63, 3.8) is 0 Å². The van der Waals surface area contributed by atoms with Gasteiger partial charge in [-0.3, -0.25) is 4.79 Å². The number of ether oxygens (including phenoxy) is 1. The summed E-state index contributed by atoms with van der Waals surface area (Å²) in [7, 11) is 0. The summed E-state index contributed by atoms with van der Waals surface area (Å²) in [6.07, 6.45) is 5.48. The van der Waals surface area contributed by atoms with E-state index in [1.54, 1.807) is 0 Å². The summed E-state index contributed by atoms with van der Waals surface area (Å²) in [5, 5.41) is 6.63.